The standard InChI is InChI=1S/C24H21NO3/c1-28-20-14-12-17(13-15-20)16-25-22(19-10-6-3-7-11-19)21(23(26)24(25)27)18-8-4-2-5-9-18/h2-15,22,26H,16H2,1H3/t22-/m1/s1. The lowest BCUT2D eigenvalue weighted by Gasteiger charge is -2.27. The maximum absolute atomic E-state index is 13.0. The van der Waals surface area contributed by atoms with E-state index >= 15 is 0 Å². The van der Waals surface area contributed by atoms with Gasteiger partial charge < -0.3 is 14.7 Å². The van der Waals surface area contributed by atoms with E-state index in [1.54, 1.807) is 12.0 Å². The molecule has 0 spiro atoms. The molecular formula is C24H21NO3. The molecule has 1 atom stereocenters. The molecule has 0 fully saturated rings. The van der Waals surface area contributed by atoms with Gasteiger partial charge in [-0.1, -0.05) is 72.8 Å². The first-order valence-corrected chi connectivity index (χ1v) is 9.16. The molecule has 1 heterocycles. The third kappa shape index (κ3) is 3.25. The molecule has 0 saturated carbocycles. The van der Waals surface area contributed by atoms with E-state index in [9.17, 15) is 9.90 Å². The van der Waals surface area contributed by atoms with Crippen molar-refractivity contribution >= 4 is 11.5 Å². The van der Waals surface area contributed by atoms with Crippen LogP contribution in [0.2, 0.25) is 0 Å². The van der Waals surface area contributed by atoms with Crippen molar-refractivity contribution in [2.75, 3.05) is 7.11 Å². The van der Waals surface area contributed by atoms with E-state index in [1.165, 1.54) is 0 Å². The van der Waals surface area contributed by atoms with Gasteiger partial charge in [0, 0.05) is 12.1 Å². The third-order valence-electron chi connectivity index (χ3n) is 5.02. The van der Waals surface area contributed by atoms with Gasteiger partial charge in [0.1, 0.15) is 5.75 Å². The smallest absolute Gasteiger partial charge is 0.290 e. The van der Waals surface area contributed by atoms with Gasteiger partial charge in [0.25, 0.3) is 5.91 Å². The van der Waals surface area contributed by atoms with Crippen LogP contribution in [0.25, 0.3) is 5.57 Å². The predicted molar refractivity (Wildman–Crippen MR) is 109 cm³/mol. The quantitative estimate of drug-likeness (QED) is 0.704. The molecule has 1 N–H and O–H groups in total. The summed E-state index contributed by atoms with van der Waals surface area (Å²) < 4.78 is 5.21. The van der Waals surface area contributed by atoms with Gasteiger partial charge in [-0.2, -0.15) is 0 Å². The van der Waals surface area contributed by atoms with Gasteiger partial charge in [-0.15, -0.1) is 0 Å². The first kappa shape index (κ1) is 17.9. The lowest BCUT2D eigenvalue weighted by molar-refractivity contribution is -0.130. The number of ether oxygens (including phenoxy) is 1. The summed E-state index contributed by atoms with van der Waals surface area (Å²) in [4.78, 5) is 14.7. The van der Waals surface area contributed by atoms with Crippen LogP contribution in [0.15, 0.2) is 90.7 Å². The number of carbonyl (C=O) groups is 1. The number of aliphatic hydroxyl groups excluding tert-OH is 1. The van der Waals surface area contributed by atoms with Crippen LogP contribution in [0.1, 0.15) is 22.7 Å². The van der Waals surface area contributed by atoms with Gasteiger partial charge in [-0.05, 0) is 28.8 Å². The lowest BCUT2D eigenvalue weighted by atomic mass is 9.93. The van der Waals surface area contributed by atoms with Crippen LogP contribution < -0.4 is 4.74 Å². The second-order valence-corrected chi connectivity index (χ2v) is 6.72. The molecule has 4 rings (SSSR count). The lowest BCUT2D eigenvalue weighted by Crippen LogP contribution is -2.29. The highest BCUT2D eigenvalue weighted by molar-refractivity contribution is 6.05. The molecule has 0 unspecified atom stereocenters. The maximum Gasteiger partial charge on any atom is 0.290 e. The van der Waals surface area contributed by atoms with E-state index in [0.29, 0.717) is 12.1 Å². The molecule has 1 aliphatic heterocycles. The number of hydrogen-bond acceptors (Lipinski definition) is 3. The number of amides is 1. The summed E-state index contributed by atoms with van der Waals surface area (Å²) in [7, 11) is 1.62. The zero-order valence-corrected chi connectivity index (χ0v) is 15.6. The number of nitrogens with zero attached hydrogens (tertiary/aromatic N) is 1. The van der Waals surface area contributed by atoms with Gasteiger partial charge in [0.15, 0.2) is 5.76 Å². The van der Waals surface area contributed by atoms with Crippen LogP contribution in [-0.2, 0) is 11.3 Å². The largest absolute Gasteiger partial charge is 0.503 e. The van der Waals surface area contributed by atoms with Crippen molar-refractivity contribution < 1.29 is 14.6 Å². The topological polar surface area (TPSA) is 49.8 Å². The highest BCUT2D eigenvalue weighted by atomic mass is 16.5. The zero-order valence-electron chi connectivity index (χ0n) is 15.6. The van der Waals surface area contributed by atoms with Gasteiger partial charge in [-0.3, -0.25) is 4.79 Å². The fraction of sp³-hybridized carbons (Fsp3) is 0.125. The molecule has 4 heteroatoms. The average molecular weight is 371 g/mol. The summed E-state index contributed by atoms with van der Waals surface area (Å²) in [6.45, 7) is 0.392. The minimum absolute atomic E-state index is 0.187. The summed E-state index contributed by atoms with van der Waals surface area (Å²) in [6, 6.07) is 26.7. The molecule has 3 aromatic carbocycles. The normalized spacial score (nSPS) is 16.5. The Morgan fingerprint density at radius 1 is 0.893 bits per heavy atom. The van der Waals surface area contributed by atoms with E-state index in [2.05, 4.69) is 0 Å². The molecule has 1 aliphatic rings. The zero-order chi connectivity index (χ0) is 19.5. The van der Waals surface area contributed by atoms with E-state index in [-0.39, 0.29) is 17.7 Å². The van der Waals surface area contributed by atoms with Crippen LogP contribution in [0.4, 0.5) is 0 Å². The van der Waals surface area contributed by atoms with Crippen molar-refractivity contribution in [3.05, 3.63) is 107 Å². The van der Waals surface area contributed by atoms with Crippen molar-refractivity contribution in [2.45, 2.75) is 12.6 Å². The van der Waals surface area contributed by atoms with Gasteiger partial charge in [0.05, 0.1) is 13.2 Å². The Morgan fingerprint density at radius 3 is 2.11 bits per heavy atom. The van der Waals surface area contributed by atoms with E-state index in [1.807, 2.05) is 84.9 Å². The van der Waals surface area contributed by atoms with Crippen LogP contribution in [0, 0.1) is 0 Å². The van der Waals surface area contributed by atoms with E-state index in [0.717, 1.165) is 22.4 Å². The Morgan fingerprint density at radius 2 is 1.50 bits per heavy atom. The number of methoxy groups -OCH3 is 1. The first-order valence-electron chi connectivity index (χ1n) is 9.16. The number of rotatable bonds is 5. The van der Waals surface area contributed by atoms with Crippen LogP contribution in [-0.4, -0.2) is 23.0 Å². The Bertz CT molecular complexity index is 995. The molecular weight excluding hydrogens is 350 g/mol. The minimum Gasteiger partial charge on any atom is -0.503 e. The average Bonchev–Trinajstić information content (AvgIpc) is 3.00. The van der Waals surface area contributed by atoms with Crippen molar-refractivity contribution in [2.24, 2.45) is 0 Å². The molecule has 0 aliphatic carbocycles. The van der Waals surface area contributed by atoms with Crippen molar-refractivity contribution in [1.82, 2.24) is 4.90 Å². The molecule has 0 bridgehead atoms. The summed E-state index contributed by atoms with van der Waals surface area (Å²) >= 11 is 0. The highest BCUT2D eigenvalue weighted by Gasteiger charge is 2.40. The summed E-state index contributed by atoms with van der Waals surface area (Å²) in [5.74, 6) is 0.221. The van der Waals surface area contributed by atoms with Gasteiger partial charge >= 0.3 is 0 Å². The Labute approximate surface area is 164 Å². The van der Waals surface area contributed by atoms with Crippen LogP contribution in [0.5, 0.6) is 5.75 Å². The molecule has 3 aromatic rings. The number of hydrogen-bond donors (Lipinski definition) is 1. The van der Waals surface area contributed by atoms with Crippen molar-refractivity contribution in [3.63, 3.8) is 0 Å². The molecule has 0 radical (unpaired) electrons. The number of carbonyl (C=O) groups excluding carboxylic acids is 1. The second kappa shape index (κ2) is 7.61. The summed E-state index contributed by atoms with van der Waals surface area (Å²) in [5.41, 5.74) is 3.43. The molecule has 4 nitrogen and oxygen atoms in total. The monoisotopic (exact) mass is 371 g/mol. The first-order chi connectivity index (χ1) is 13.7. The number of aliphatic hydroxyl groups is 1. The Balaban J connectivity index is 1.76. The molecule has 28 heavy (non-hydrogen) atoms. The Kier molecular flexibility index (Phi) is 4.85. The molecule has 0 aromatic heterocycles. The van der Waals surface area contributed by atoms with Crippen molar-refractivity contribution in [1.29, 1.82) is 0 Å². The third-order valence-corrected chi connectivity index (χ3v) is 5.02. The van der Waals surface area contributed by atoms with E-state index < -0.39 is 0 Å². The SMILES string of the molecule is COc1ccc(CN2C(=O)C(O)=C(c3ccccc3)[C@H]2c2ccccc2)cc1. The number of benzene rings is 3. The summed E-state index contributed by atoms with van der Waals surface area (Å²) in [5, 5.41) is 10.7. The van der Waals surface area contributed by atoms with Crippen LogP contribution in [0.3, 0.4) is 0 Å². The predicted octanol–water partition coefficient (Wildman–Crippen LogP) is 4.75. The fourth-order valence-electron chi connectivity index (χ4n) is 3.64. The van der Waals surface area contributed by atoms with Crippen molar-refractivity contribution in [3.8, 4) is 5.75 Å². The highest BCUT2D eigenvalue weighted by Crippen LogP contribution is 2.43. The minimum atomic E-state index is -0.358. The van der Waals surface area contributed by atoms with Gasteiger partial charge in [0.2, 0.25) is 0 Å². The fourth-order valence-corrected chi connectivity index (χ4v) is 3.64. The van der Waals surface area contributed by atoms with E-state index in [4.69, 9.17) is 4.74 Å². The molecule has 0 saturated heterocycles. The maximum atomic E-state index is 13.0. The molecule has 140 valence electrons. The molecule has 1 amide bonds. The van der Waals surface area contributed by atoms with Gasteiger partial charge in [-0.25, -0.2) is 0 Å². The van der Waals surface area contributed by atoms with Crippen LogP contribution >= 0.6 is 0 Å². The Hall–Kier alpha value is -3.53. The summed E-state index contributed by atoms with van der Waals surface area (Å²) in [6.07, 6.45) is 0. The second-order valence-electron chi connectivity index (χ2n) is 6.72.